The van der Waals surface area contributed by atoms with E-state index in [1.807, 2.05) is 0 Å². The molecule has 96 valence electrons. The molecule has 1 rings (SSSR count). The second-order valence-electron chi connectivity index (χ2n) is 5.94. The van der Waals surface area contributed by atoms with Crippen molar-refractivity contribution in [2.75, 3.05) is 13.2 Å². The molecule has 16 heavy (non-hydrogen) atoms. The van der Waals surface area contributed by atoms with Crippen molar-refractivity contribution in [2.45, 2.75) is 65.1 Å². The second-order valence-corrected chi connectivity index (χ2v) is 5.94. The van der Waals surface area contributed by atoms with Crippen LogP contribution >= 0.6 is 0 Å². The summed E-state index contributed by atoms with van der Waals surface area (Å²) in [6.45, 7) is 12.5. The topological polar surface area (TPSA) is 47.3 Å². The van der Waals surface area contributed by atoms with E-state index in [0.29, 0.717) is 12.1 Å². The Bertz CT molecular complexity index is 226. The zero-order valence-electron chi connectivity index (χ0n) is 11.5. The maximum absolute atomic E-state index is 6.13. The zero-order chi connectivity index (χ0) is 12.4. The molecule has 3 atom stereocenters. The quantitative estimate of drug-likeness (QED) is 0.730. The van der Waals surface area contributed by atoms with E-state index in [9.17, 15) is 0 Å². The van der Waals surface area contributed by atoms with Crippen molar-refractivity contribution in [3.8, 4) is 0 Å². The first kappa shape index (κ1) is 13.9. The molecule has 3 unspecified atom stereocenters. The summed E-state index contributed by atoms with van der Waals surface area (Å²) in [5, 5.41) is 3.58. The fourth-order valence-corrected chi connectivity index (χ4v) is 2.20. The Morgan fingerprint density at radius 2 is 2.06 bits per heavy atom. The molecule has 0 amide bonds. The lowest BCUT2D eigenvalue weighted by Crippen LogP contribution is -2.63. The highest BCUT2D eigenvalue weighted by atomic mass is 16.5. The summed E-state index contributed by atoms with van der Waals surface area (Å²) in [5.41, 5.74) is 6.28. The monoisotopic (exact) mass is 228 g/mol. The molecular formula is C13H28N2O. The lowest BCUT2D eigenvalue weighted by Gasteiger charge is -2.52. The third-order valence-electron chi connectivity index (χ3n) is 4.11. The number of nitrogens with one attached hydrogen (secondary N) is 1. The molecule has 3 N–H and O–H groups in total. The van der Waals surface area contributed by atoms with Crippen LogP contribution in [0.15, 0.2) is 0 Å². The normalized spacial score (nSPS) is 31.9. The first-order chi connectivity index (χ1) is 7.33. The van der Waals surface area contributed by atoms with Crippen LogP contribution in [0.1, 0.15) is 47.5 Å². The van der Waals surface area contributed by atoms with Gasteiger partial charge in [-0.05, 0) is 26.7 Å². The van der Waals surface area contributed by atoms with E-state index >= 15 is 0 Å². The number of hydrogen-bond acceptors (Lipinski definition) is 3. The van der Waals surface area contributed by atoms with Crippen molar-refractivity contribution in [2.24, 2.45) is 11.1 Å². The average Bonchev–Trinajstić information content (AvgIpc) is 2.22. The van der Waals surface area contributed by atoms with Gasteiger partial charge in [-0.1, -0.05) is 20.8 Å². The SMILES string of the molecule is CCOC1CC(NCC(C)(N)CC)C1(C)C. The highest BCUT2D eigenvalue weighted by Gasteiger charge is 2.48. The number of ether oxygens (including phenoxy) is 1. The van der Waals surface area contributed by atoms with E-state index in [2.05, 4.69) is 39.9 Å². The molecule has 1 aliphatic rings. The number of nitrogens with two attached hydrogens (primary N) is 1. The minimum atomic E-state index is -0.0905. The molecule has 0 heterocycles. The van der Waals surface area contributed by atoms with E-state index in [-0.39, 0.29) is 11.0 Å². The Kier molecular flexibility index (Phi) is 4.38. The van der Waals surface area contributed by atoms with Crippen LogP contribution in [0.4, 0.5) is 0 Å². The Balaban J connectivity index is 2.36. The van der Waals surface area contributed by atoms with Gasteiger partial charge in [-0.3, -0.25) is 0 Å². The van der Waals surface area contributed by atoms with Crippen molar-refractivity contribution in [1.82, 2.24) is 5.32 Å². The van der Waals surface area contributed by atoms with Gasteiger partial charge in [0.15, 0.2) is 0 Å². The van der Waals surface area contributed by atoms with Gasteiger partial charge in [-0.25, -0.2) is 0 Å². The van der Waals surface area contributed by atoms with E-state index in [0.717, 1.165) is 26.0 Å². The fourth-order valence-electron chi connectivity index (χ4n) is 2.20. The second kappa shape index (κ2) is 5.03. The first-order valence-electron chi connectivity index (χ1n) is 6.47. The largest absolute Gasteiger partial charge is 0.378 e. The van der Waals surface area contributed by atoms with E-state index in [1.54, 1.807) is 0 Å². The van der Waals surface area contributed by atoms with Gasteiger partial charge in [0.05, 0.1) is 6.10 Å². The summed E-state index contributed by atoms with van der Waals surface area (Å²) < 4.78 is 5.71. The molecule has 3 heteroatoms. The van der Waals surface area contributed by atoms with E-state index in [1.165, 1.54) is 0 Å². The van der Waals surface area contributed by atoms with Crippen molar-refractivity contribution in [3.63, 3.8) is 0 Å². The van der Waals surface area contributed by atoms with Gasteiger partial charge >= 0.3 is 0 Å². The molecule has 1 saturated carbocycles. The Morgan fingerprint density at radius 3 is 2.50 bits per heavy atom. The summed E-state index contributed by atoms with van der Waals surface area (Å²) in [6.07, 6.45) is 2.52. The highest BCUT2D eigenvalue weighted by Crippen LogP contribution is 2.42. The first-order valence-corrected chi connectivity index (χ1v) is 6.47. The van der Waals surface area contributed by atoms with Crippen LogP contribution in [-0.2, 0) is 4.74 Å². The molecule has 0 aromatic heterocycles. The molecule has 0 saturated heterocycles. The van der Waals surface area contributed by atoms with Crippen molar-refractivity contribution < 1.29 is 4.74 Å². The number of hydrogen-bond donors (Lipinski definition) is 2. The maximum atomic E-state index is 6.13. The minimum Gasteiger partial charge on any atom is -0.378 e. The molecule has 0 aromatic carbocycles. The third-order valence-corrected chi connectivity index (χ3v) is 4.11. The molecule has 1 aliphatic carbocycles. The van der Waals surface area contributed by atoms with Gasteiger partial charge in [0, 0.05) is 30.1 Å². The zero-order valence-corrected chi connectivity index (χ0v) is 11.5. The summed E-state index contributed by atoms with van der Waals surface area (Å²) in [6, 6.07) is 0.540. The molecule has 0 spiro atoms. The van der Waals surface area contributed by atoms with Crippen molar-refractivity contribution >= 4 is 0 Å². The van der Waals surface area contributed by atoms with Crippen LogP contribution in [0, 0.1) is 5.41 Å². The van der Waals surface area contributed by atoms with Crippen molar-refractivity contribution in [3.05, 3.63) is 0 Å². The smallest absolute Gasteiger partial charge is 0.0655 e. The Hall–Kier alpha value is -0.120. The summed E-state index contributed by atoms with van der Waals surface area (Å²) in [5.74, 6) is 0. The van der Waals surface area contributed by atoms with Gasteiger partial charge < -0.3 is 15.8 Å². The fraction of sp³-hybridized carbons (Fsp3) is 1.00. The molecule has 1 fully saturated rings. The Morgan fingerprint density at radius 1 is 1.44 bits per heavy atom. The molecule has 0 aromatic rings. The van der Waals surface area contributed by atoms with Crippen LogP contribution in [0.3, 0.4) is 0 Å². The summed E-state index contributed by atoms with van der Waals surface area (Å²) in [4.78, 5) is 0. The highest BCUT2D eigenvalue weighted by molar-refractivity contribution is 5.03. The third kappa shape index (κ3) is 2.96. The van der Waals surface area contributed by atoms with Crippen LogP contribution in [-0.4, -0.2) is 30.8 Å². The molecule has 0 aliphatic heterocycles. The predicted molar refractivity (Wildman–Crippen MR) is 68.5 cm³/mol. The molecule has 0 radical (unpaired) electrons. The standard InChI is InChI=1S/C13H28N2O/c1-6-13(5,14)9-15-10-8-11(16-7-2)12(10,3)4/h10-11,15H,6-9,14H2,1-5H3. The molecular weight excluding hydrogens is 200 g/mol. The lowest BCUT2D eigenvalue weighted by molar-refractivity contribution is -0.114. The van der Waals surface area contributed by atoms with Gasteiger partial charge in [0.1, 0.15) is 0 Å². The number of rotatable bonds is 6. The Labute approximate surface area is 100 Å². The van der Waals surface area contributed by atoms with Crippen LogP contribution in [0.25, 0.3) is 0 Å². The average molecular weight is 228 g/mol. The molecule has 0 bridgehead atoms. The summed E-state index contributed by atoms with van der Waals surface area (Å²) >= 11 is 0. The van der Waals surface area contributed by atoms with E-state index in [4.69, 9.17) is 10.5 Å². The molecule has 3 nitrogen and oxygen atoms in total. The van der Waals surface area contributed by atoms with Crippen LogP contribution in [0.5, 0.6) is 0 Å². The lowest BCUT2D eigenvalue weighted by atomic mass is 9.64. The van der Waals surface area contributed by atoms with Crippen molar-refractivity contribution in [1.29, 1.82) is 0 Å². The van der Waals surface area contributed by atoms with Gasteiger partial charge in [-0.15, -0.1) is 0 Å². The van der Waals surface area contributed by atoms with E-state index < -0.39 is 0 Å². The van der Waals surface area contributed by atoms with Crippen LogP contribution in [0.2, 0.25) is 0 Å². The maximum Gasteiger partial charge on any atom is 0.0655 e. The van der Waals surface area contributed by atoms with Crippen LogP contribution < -0.4 is 11.1 Å². The van der Waals surface area contributed by atoms with Gasteiger partial charge in [-0.2, -0.15) is 0 Å². The minimum absolute atomic E-state index is 0.0905. The summed E-state index contributed by atoms with van der Waals surface area (Å²) in [7, 11) is 0. The van der Waals surface area contributed by atoms with Gasteiger partial charge in [0.25, 0.3) is 0 Å². The van der Waals surface area contributed by atoms with Gasteiger partial charge in [0.2, 0.25) is 0 Å². The predicted octanol–water partition coefficient (Wildman–Crippen LogP) is 1.91.